The van der Waals surface area contributed by atoms with E-state index in [-0.39, 0.29) is 30.0 Å². The maximum atomic E-state index is 11.7. The summed E-state index contributed by atoms with van der Waals surface area (Å²) in [6.45, 7) is 1.83. The number of carbonyl (C=O) groups is 2. The monoisotopic (exact) mass is 360 g/mol. The zero-order valence-corrected chi connectivity index (χ0v) is 14.3. The standard InChI is InChI=1S/C16H16N4O4S/c1-2-23-14(22)8-18-13(21)9-25-16-20-19-15(24-16)11-7-17-12-6-4-3-5-10(11)12/h3-7,17H,2,8-9H2,1H3,(H,18,21). The van der Waals surface area contributed by atoms with Gasteiger partial charge < -0.3 is 19.5 Å². The van der Waals surface area contributed by atoms with Crippen LogP contribution < -0.4 is 5.32 Å². The summed E-state index contributed by atoms with van der Waals surface area (Å²) in [6.07, 6.45) is 1.80. The third kappa shape index (κ3) is 4.18. The van der Waals surface area contributed by atoms with E-state index in [9.17, 15) is 9.59 Å². The van der Waals surface area contributed by atoms with E-state index in [0.29, 0.717) is 5.89 Å². The van der Waals surface area contributed by atoms with E-state index < -0.39 is 5.97 Å². The molecule has 0 saturated carbocycles. The van der Waals surface area contributed by atoms with Crippen LogP contribution in [0, 0.1) is 0 Å². The Morgan fingerprint density at radius 1 is 1.32 bits per heavy atom. The first-order valence-electron chi connectivity index (χ1n) is 7.62. The summed E-state index contributed by atoms with van der Waals surface area (Å²) in [7, 11) is 0. The Morgan fingerprint density at radius 2 is 2.16 bits per heavy atom. The molecule has 0 spiro atoms. The molecule has 0 atom stereocenters. The van der Waals surface area contributed by atoms with Gasteiger partial charge in [-0.05, 0) is 13.0 Å². The van der Waals surface area contributed by atoms with E-state index >= 15 is 0 Å². The minimum absolute atomic E-state index is 0.0644. The van der Waals surface area contributed by atoms with Crippen LogP contribution in [-0.4, -0.2) is 46.0 Å². The number of nitrogens with zero attached hydrogens (tertiary/aromatic N) is 2. The van der Waals surface area contributed by atoms with Crippen molar-refractivity contribution in [2.24, 2.45) is 0 Å². The van der Waals surface area contributed by atoms with Crippen LogP contribution in [0.5, 0.6) is 0 Å². The molecule has 3 aromatic rings. The van der Waals surface area contributed by atoms with Crippen molar-refractivity contribution < 1.29 is 18.7 Å². The van der Waals surface area contributed by atoms with Crippen molar-refractivity contribution in [3.8, 4) is 11.5 Å². The summed E-state index contributed by atoms with van der Waals surface area (Å²) in [5, 5.41) is 11.7. The van der Waals surface area contributed by atoms with Gasteiger partial charge in [0.15, 0.2) is 0 Å². The smallest absolute Gasteiger partial charge is 0.325 e. The van der Waals surface area contributed by atoms with Gasteiger partial charge >= 0.3 is 5.97 Å². The average Bonchev–Trinajstić information content (AvgIpc) is 3.25. The maximum Gasteiger partial charge on any atom is 0.325 e. The predicted molar refractivity (Wildman–Crippen MR) is 92.0 cm³/mol. The minimum atomic E-state index is -0.472. The van der Waals surface area contributed by atoms with Gasteiger partial charge in [0, 0.05) is 17.1 Å². The number of rotatable bonds is 7. The van der Waals surface area contributed by atoms with Crippen LogP contribution in [0.4, 0.5) is 0 Å². The number of nitrogens with one attached hydrogen (secondary N) is 2. The molecule has 0 radical (unpaired) electrons. The second kappa shape index (κ2) is 7.84. The topological polar surface area (TPSA) is 110 Å². The molecule has 0 saturated heterocycles. The van der Waals surface area contributed by atoms with Gasteiger partial charge in [-0.3, -0.25) is 9.59 Å². The summed E-state index contributed by atoms with van der Waals surface area (Å²) in [5.41, 5.74) is 1.78. The van der Waals surface area contributed by atoms with E-state index in [2.05, 4.69) is 20.5 Å². The highest BCUT2D eigenvalue weighted by molar-refractivity contribution is 7.99. The number of H-pyrrole nitrogens is 1. The van der Waals surface area contributed by atoms with Gasteiger partial charge in [-0.1, -0.05) is 30.0 Å². The second-order valence-electron chi connectivity index (χ2n) is 4.99. The number of aromatic nitrogens is 3. The van der Waals surface area contributed by atoms with Crippen molar-refractivity contribution in [1.82, 2.24) is 20.5 Å². The first kappa shape index (κ1) is 17.0. The molecule has 0 fully saturated rings. The lowest BCUT2D eigenvalue weighted by Crippen LogP contribution is -2.31. The van der Waals surface area contributed by atoms with Gasteiger partial charge in [-0.15, -0.1) is 10.2 Å². The van der Waals surface area contributed by atoms with Gasteiger partial charge in [0.05, 0.1) is 17.9 Å². The molecule has 3 rings (SSSR count). The molecule has 0 aliphatic heterocycles. The summed E-state index contributed by atoms with van der Waals surface area (Å²) in [6, 6.07) is 7.78. The van der Waals surface area contributed by atoms with Crippen LogP contribution >= 0.6 is 11.8 Å². The number of para-hydroxylation sites is 1. The molecule has 0 unspecified atom stereocenters. The highest BCUT2D eigenvalue weighted by Gasteiger charge is 2.14. The number of fused-ring (bicyclic) bond motifs is 1. The van der Waals surface area contributed by atoms with Crippen molar-refractivity contribution in [2.45, 2.75) is 12.1 Å². The maximum absolute atomic E-state index is 11.7. The predicted octanol–water partition coefficient (Wildman–Crippen LogP) is 1.99. The number of thioether (sulfide) groups is 1. The van der Waals surface area contributed by atoms with Crippen molar-refractivity contribution in [3.63, 3.8) is 0 Å². The zero-order valence-electron chi connectivity index (χ0n) is 13.4. The Kier molecular flexibility index (Phi) is 5.34. The number of carbonyl (C=O) groups excluding carboxylic acids is 2. The molecule has 1 amide bonds. The number of amides is 1. The van der Waals surface area contributed by atoms with E-state index in [4.69, 9.17) is 9.15 Å². The third-order valence-corrected chi connectivity index (χ3v) is 4.11. The second-order valence-corrected chi connectivity index (χ2v) is 5.92. The Hall–Kier alpha value is -2.81. The zero-order chi connectivity index (χ0) is 17.6. The van der Waals surface area contributed by atoms with Crippen molar-refractivity contribution in [2.75, 3.05) is 18.9 Å². The minimum Gasteiger partial charge on any atom is -0.465 e. The number of aromatic amines is 1. The van der Waals surface area contributed by atoms with E-state index in [1.54, 1.807) is 13.1 Å². The van der Waals surface area contributed by atoms with Crippen LogP contribution in [0.25, 0.3) is 22.4 Å². The number of ether oxygens (including phenoxy) is 1. The van der Waals surface area contributed by atoms with Gasteiger partial charge in [-0.25, -0.2) is 0 Å². The van der Waals surface area contributed by atoms with E-state index in [0.717, 1.165) is 28.2 Å². The van der Waals surface area contributed by atoms with Crippen LogP contribution in [0.2, 0.25) is 0 Å². The molecule has 2 N–H and O–H groups in total. The molecule has 25 heavy (non-hydrogen) atoms. The number of hydrogen-bond acceptors (Lipinski definition) is 7. The van der Waals surface area contributed by atoms with Crippen molar-refractivity contribution in [1.29, 1.82) is 0 Å². The fraction of sp³-hybridized carbons (Fsp3) is 0.250. The average molecular weight is 360 g/mol. The lowest BCUT2D eigenvalue weighted by Gasteiger charge is -2.03. The highest BCUT2D eigenvalue weighted by Crippen LogP contribution is 2.29. The lowest BCUT2D eigenvalue weighted by molar-refractivity contribution is -0.143. The highest BCUT2D eigenvalue weighted by atomic mass is 32.2. The van der Waals surface area contributed by atoms with Crippen LogP contribution in [0.15, 0.2) is 40.1 Å². The number of esters is 1. The Balaban J connectivity index is 1.57. The first-order valence-corrected chi connectivity index (χ1v) is 8.61. The van der Waals surface area contributed by atoms with E-state index in [1.165, 1.54) is 0 Å². The van der Waals surface area contributed by atoms with Gasteiger partial charge in [0.25, 0.3) is 11.1 Å². The molecular formula is C16H16N4O4S. The van der Waals surface area contributed by atoms with Crippen LogP contribution in [0.1, 0.15) is 6.92 Å². The Labute approximate surface area is 147 Å². The van der Waals surface area contributed by atoms with Gasteiger partial charge in [-0.2, -0.15) is 0 Å². The SMILES string of the molecule is CCOC(=O)CNC(=O)CSc1nnc(-c2c[nH]c3ccccc23)o1. The fourth-order valence-corrected chi connectivity index (χ4v) is 2.78. The number of hydrogen-bond donors (Lipinski definition) is 2. The molecule has 0 aliphatic rings. The molecular weight excluding hydrogens is 344 g/mol. The lowest BCUT2D eigenvalue weighted by atomic mass is 10.2. The summed E-state index contributed by atoms with van der Waals surface area (Å²) < 4.78 is 10.3. The normalized spacial score (nSPS) is 10.8. The number of benzene rings is 1. The molecule has 8 nitrogen and oxygen atoms in total. The third-order valence-electron chi connectivity index (χ3n) is 3.29. The first-order chi connectivity index (χ1) is 12.2. The molecule has 2 aromatic heterocycles. The summed E-state index contributed by atoms with van der Waals surface area (Å²) in [5.74, 6) is -0.341. The Morgan fingerprint density at radius 3 is 3.00 bits per heavy atom. The molecule has 9 heteroatoms. The molecule has 1 aromatic carbocycles. The molecule has 0 aliphatic carbocycles. The van der Waals surface area contributed by atoms with Crippen molar-refractivity contribution >= 4 is 34.5 Å². The molecule has 2 heterocycles. The Bertz CT molecular complexity index is 889. The fourth-order valence-electron chi connectivity index (χ4n) is 2.19. The largest absolute Gasteiger partial charge is 0.465 e. The van der Waals surface area contributed by atoms with Crippen molar-refractivity contribution in [3.05, 3.63) is 30.5 Å². The summed E-state index contributed by atoms with van der Waals surface area (Å²) >= 11 is 1.10. The molecule has 130 valence electrons. The van der Waals surface area contributed by atoms with Gasteiger partial charge in [0.2, 0.25) is 5.91 Å². The molecule has 0 bridgehead atoms. The van der Waals surface area contributed by atoms with Crippen LogP contribution in [0.3, 0.4) is 0 Å². The van der Waals surface area contributed by atoms with Gasteiger partial charge in [0.1, 0.15) is 6.54 Å². The quantitative estimate of drug-likeness (QED) is 0.490. The van der Waals surface area contributed by atoms with E-state index in [1.807, 2.05) is 24.3 Å². The van der Waals surface area contributed by atoms with Crippen LogP contribution in [-0.2, 0) is 14.3 Å². The summed E-state index contributed by atoms with van der Waals surface area (Å²) in [4.78, 5) is 26.0.